The summed E-state index contributed by atoms with van der Waals surface area (Å²) in [6.07, 6.45) is 3.75. The fraction of sp³-hybridized carbons (Fsp3) is 0.394. The van der Waals surface area contributed by atoms with Crippen LogP contribution in [0.4, 0.5) is 5.69 Å². The molecule has 0 unspecified atom stereocenters. The Bertz CT molecular complexity index is 1450. The molecule has 2 amide bonds. The first-order valence-corrected chi connectivity index (χ1v) is 17.0. The Morgan fingerprint density at radius 2 is 1.62 bits per heavy atom. The maximum atomic E-state index is 13.9. The van der Waals surface area contributed by atoms with Gasteiger partial charge in [0, 0.05) is 36.9 Å². The number of nitrogens with zero attached hydrogens (tertiary/aromatic N) is 2. The average Bonchev–Trinajstić information content (AvgIpc) is 2.94. The van der Waals surface area contributed by atoms with E-state index in [0.717, 1.165) is 39.6 Å². The molecular weight excluding hydrogens is 614 g/mol. The minimum Gasteiger partial charge on any atom is -0.354 e. The van der Waals surface area contributed by atoms with Crippen molar-refractivity contribution in [2.75, 3.05) is 23.7 Å². The van der Waals surface area contributed by atoms with Crippen LogP contribution in [0.15, 0.2) is 77.3 Å². The van der Waals surface area contributed by atoms with Gasteiger partial charge in [-0.25, -0.2) is 8.42 Å². The molecule has 42 heavy (non-hydrogen) atoms. The fourth-order valence-electron chi connectivity index (χ4n) is 4.78. The third kappa shape index (κ3) is 9.98. The van der Waals surface area contributed by atoms with Gasteiger partial charge in [0.25, 0.3) is 0 Å². The summed E-state index contributed by atoms with van der Waals surface area (Å²) in [4.78, 5) is 29.2. The normalized spacial score (nSPS) is 12.0. The molecule has 0 aliphatic rings. The SMILES string of the molecule is CCCCNC(=O)[C@H](Cc1ccccc1)N(Cc1cccc(Br)c1)C(=O)CCCN(c1ccc(C)c(C)c1)S(C)(=O)=O. The summed E-state index contributed by atoms with van der Waals surface area (Å²) >= 11 is 3.51. The van der Waals surface area contributed by atoms with E-state index in [1.165, 1.54) is 10.6 Å². The zero-order valence-electron chi connectivity index (χ0n) is 25.0. The van der Waals surface area contributed by atoms with E-state index >= 15 is 0 Å². The summed E-state index contributed by atoms with van der Waals surface area (Å²) in [5.74, 6) is -0.390. The monoisotopic (exact) mass is 655 g/mol. The number of carbonyl (C=O) groups excluding carboxylic acids is 2. The number of benzene rings is 3. The Morgan fingerprint density at radius 1 is 0.905 bits per heavy atom. The lowest BCUT2D eigenvalue weighted by Gasteiger charge is -2.32. The Hall–Kier alpha value is -3.17. The van der Waals surface area contributed by atoms with E-state index in [1.54, 1.807) is 11.0 Å². The molecule has 0 bridgehead atoms. The highest BCUT2D eigenvalue weighted by Gasteiger charge is 2.30. The van der Waals surface area contributed by atoms with Crippen LogP contribution in [0.25, 0.3) is 0 Å². The molecule has 0 aliphatic heterocycles. The topological polar surface area (TPSA) is 86.8 Å². The number of carbonyl (C=O) groups is 2. The molecule has 0 aliphatic carbocycles. The summed E-state index contributed by atoms with van der Waals surface area (Å²) in [7, 11) is -3.56. The summed E-state index contributed by atoms with van der Waals surface area (Å²) in [5.41, 5.74) is 4.50. The third-order valence-corrected chi connectivity index (χ3v) is 8.96. The van der Waals surface area contributed by atoms with Crippen LogP contribution in [-0.4, -0.2) is 50.5 Å². The first-order chi connectivity index (χ1) is 20.0. The molecule has 226 valence electrons. The molecule has 0 aromatic heterocycles. The second kappa shape index (κ2) is 15.9. The van der Waals surface area contributed by atoms with E-state index in [4.69, 9.17) is 0 Å². The van der Waals surface area contributed by atoms with Crippen LogP contribution < -0.4 is 9.62 Å². The van der Waals surface area contributed by atoms with Crippen molar-refractivity contribution in [2.24, 2.45) is 0 Å². The van der Waals surface area contributed by atoms with Gasteiger partial charge in [0.1, 0.15) is 6.04 Å². The van der Waals surface area contributed by atoms with E-state index in [1.807, 2.05) is 80.6 Å². The lowest BCUT2D eigenvalue weighted by atomic mass is 10.0. The highest BCUT2D eigenvalue weighted by molar-refractivity contribution is 9.10. The van der Waals surface area contributed by atoms with Gasteiger partial charge in [-0.05, 0) is 73.2 Å². The predicted molar refractivity (Wildman–Crippen MR) is 174 cm³/mol. The number of nitrogens with one attached hydrogen (secondary N) is 1. The predicted octanol–water partition coefficient (Wildman–Crippen LogP) is 6.17. The summed E-state index contributed by atoms with van der Waals surface area (Å²) < 4.78 is 27.7. The molecule has 0 saturated heterocycles. The van der Waals surface area contributed by atoms with E-state index < -0.39 is 16.1 Å². The molecule has 1 N–H and O–H groups in total. The van der Waals surface area contributed by atoms with Crippen LogP contribution in [0.2, 0.25) is 0 Å². The molecule has 0 spiro atoms. The quantitative estimate of drug-likeness (QED) is 0.199. The van der Waals surface area contributed by atoms with Crippen molar-refractivity contribution in [3.05, 3.63) is 99.5 Å². The van der Waals surface area contributed by atoms with Crippen molar-refractivity contribution in [2.45, 2.75) is 65.5 Å². The molecule has 3 aromatic rings. The van der Waals surface area contributed by atoms with Gasteiger partial charge in [0.05, 0.1) is 11.9 Å². The molecule has 0 radical (unpaired) electrons. The number of aryl methyl sites for hydroxylation is 2. The Kier molecular flexibility index (Phi) is 12.6. The van der Waals surface area contributed by atoms with Crippen LogP contribution in [-0.2, 0) is 32.6 Å². The van der Waals surface area contributed by atoms with Crippen LogP contribution in [0.5, 0.6) is 0 Å². The zero-order valence-corrected chi connectivity index (χ0v) is 27.4. The van der Waals surface area contributed by atoms with Crippen molar-refractivity contribution >= 4 is 43.5 Å². The first kappa shape index (κ1) is 33.3. The Balaban J connectivity index is 1.88. The van der Waals surface area contributed by atoms with Gasteiger partial charge < -0.3 is 10.2 Å². The van der Waals surface area contributed by atoms with E-state index in [-0.39, 0.29) is 31.3 Å². The largest absolute Gasteiger partial charge is 0.354 e. The van der Waals surface area contributed by atoms with Crippen molar-refractivity contribution in [3.63, 3.8) is 0 Å². The number of sulfonamides is 1. The van der Waals surface area contributed by atoms with E-state index in [9.17, 15) is 18.0 Å². The van der Waals surface area contributed by atoms with E-state index in [0.29, 0.717) is 25.1 Å². The molecule has 1 atom stereocenters. The molecule has 7 nitrogen and oxygen atoms in total. The minimum absolute atomic E-state index is 0.0956. The van der Waals surface area contributed by atoms with E-state index in [2.05, 4.69) is 28.2 Å². The van der Waals surface area contributed by atoms with Crippen molar-refractivity contribution in [1.29, 1.82) is 0 Å². The molecule has 3 rings (SSSR count). The standard InChI is InChI=1S/C33H42BrN3O4S/c1-5-6-19-35-33(39)31(23-27-12-8-7-9-13-27)36(24-28-14-10-15-29(34)22-28)32(38)16-11-20-37(42(4,40)41)30-18-17-25(2)26(3)21-30/h7-10,12-15,17-18,21-22,31H,5-6,11,16,19-20,23-24H2,1-4H3,(H,35,39)/t31-/m0/s1. The van der Waals surface area contributed by atoms with Gasteiger partial charge in [0.15, 0.2) is 0 Å². The molecule has 9 heteroatoms. The molecule has 0 saturated carbocycles. The second-order valence-corrected chi connectivity index (χ2v) is 13.5. The molecule has 0 heterocycles. The lowest BCUT2D eigenvalue weighted by Crippen LogP contribution is -2.50. The van der Waals surface area contributed by atoms with Crippen molar-refractivity contribution in [1.82, 2.24) is 10.2 Å². The Labute approximate surface area is 259 Å². The number of halogens is 1. The molecule has 0 fully saturated rings. The zero-order chi connectivity index (χ0) is 30.7. The number of amides is 2. The number of hydrogen-bond acceptors (Lipinski definition) is 4. The van der Waals surface area contributed by atoms with Gasteiger partial charge in [-0.3, -0.25) is 13.9 Å². The van der Waals surface area contributed by atoms with Crippen molar-refractivity contribution in [3.8, 4) is 0 Å². The van der Waals surface area contributed by atoms with Gasteiger partial charge in [-0.15, -0.1) is 0 Å². The number of hydrogen-bond donors (Lipinski definition) is 1. The average molecular weight is 657 g/mol. The van der Waals surface area contributed by atoms with Gasteiger partial charge in [0.2, 0.25) is 21.8 Å². The fourth-order valence-corrected chi connectivity index (χ4v) is 6.18. The van der Waals surface area contributed by atoms with Crippen LogP contribution >= 0.6 is 15.9 Å². The maximum absolute atomic E-state index is 13.9. The maximum Gasteiger partial charge on any atom is 0.243 e. The van der Waals surface area contributed by atoms with Gasteiger partial charge in [-0.2, -0.15) is 0 Å². The Morgan fingerprint density at radius 3 is 2.26 bits per heavy atom. The van der Waals surface area contributed by atoms with Gasteiger partial charge in [-0.1, -0.05) is 77.8 Å². The van der Waals surface area contributed by atoms with Crippen molar-refractivity contribution < 1.29 is 18.0 Å². The smallest absolute Gasteiger partial charge is 0.243 e. The summed E-state index contributed by atoms with van der Waals surface area (Å²) in [6, 6.07) is 22.2. The highest BCUT2D eigenvalue weighted by Crippen LogP contribution is 2.23. The number of rotatable bonds is 15. The minimum atomic E-state index is -3.56. The first-order valence-electron chi connectivity index (χ1n) is 14.4. The number of anilines is 1. The summed E-state index contributed by atoms with van der Waals surface area (Å²) in [5, 5.41) is 3.03. The molecular formula is C33H42BrN3O4S. The van der Waals surface area contributed by atoms with Crippen LogP contribution in [0.1, 0.15) is 54.9 Å². The lowest BCUT2D eigenvalue weighted by molar-refractivity contribution is -0.141. The second-order valence-electron chi connectivity index (χ2n) is 10.7. The van der Waals surface area contributed by atoms with Crippen LogP contribution in [0.3, 0.4) is 0 Å². The van der Waals surface area contributed by atoms with Crippen LogP contribution in [0, 0.1) is 13.8 Å². The highest BCUT2D eigenvalue weighted by atomic mass is 79.9. The molecule has 3 aromatic carbocycles. The summed E-state index contributed by atoms with van der Waals surface area (Å²) in [6.45, 7) is 6.94. The third-order valence-electron chi connectivity index (χ3n) is 7.27. The van der Waals surface area contributed by atoms with Gasteiger partial charge >= 0.3 is 0 Å². The number of unbranched alkanes of at least 4 members (excludes halogenated alkanes) is 1.